The summed E-state index contributed by atoms with van der Waals surface area (Å²) < 4.78 is 5.42. The topological polar surface area (TPSA) is 87.7 Å². The van der Waals surface area contributed by atoms with Gasteiger partial charge in [0.05, 0.1) is 18.2 Å². The fourth-order valence-electron chi connectivity index (χ4n) is 3.42. The number of anilines is 1. The second-order valence-corrected chi connectivity index (χ2v) is 6.53. The van der Waals surface area contributed by atoms with Crippen molar-refractivity contribution in [1.82, 2.24) is 10.2 Å². The van der Waals surface area contributed by atoms with E-state index in [4.69, 9.17) is 4.74 Å². The largest absolute Gasteiger partial charge is 0.482 e. The summed E-state index contributed by atoms with van der Waals surface area (Å²) in [5.74, 6) is 0.00264. The number of amides is 3. The Hall–Kier alpha value is -3.35. The number of carbonyl (C=O) groups is 3. The van der Waals surface area contributed by atoms with Crippen LogP contribution in [-0.2, 0) is 9.59 Å². The molecule has 27 heavy (non-hydrogen) atoms. The van der Waals surface area contributed by atoms with Crippen LogP contribution in [-0.4, -0.2) is 42.3 Å². The summed E-state index contributed by atoms with van der Waals surface area (Å²) in [4.78, 5) is 38.5. The third-order valence-electron chi connectivity index (χ3n) is 4.74. The highest BCUT2D eigenvalue weighted by molar-refractivity contribution is 5.99. The van der Waals surface area contributed by atoms with E-state index in [1.807, 2.05) is 30.3 Å². The van der Waals surface area contributed by atoms with Gasteiger partial charge in [-0.3, -0.25) is 14.4 Å². The molecule has 2 aromatic carbocycles. The van der Waals surface area contributed by atoms with E-state index in [1.54, 1.807) is 23.1 Å². The minimum Gasteiger partial charge on any atom is -0.482 e. The van der Waals surface area contributed by atoms with Gasteiger partial charge in [-0.05, 0) is 23.8 Å². The lowest BCUT2D eigenvalue weighted by molar-refractivity contribution is -0.121. The highest BCUT2D eigenvalue weighted by atomic mass is 16.5. The van der Waals surface area contributed by atoms with Crippen molar-refractivity contribution in [3.05, 3.63) is 59.7 Å². The molecule has 0 spiro atoms. The zero-order chi connectivity index (χ0) is 18.8. The van der Waals surface area contributed by atoms with Gasteiger partial charge in [0, 0.05) is 18.7 Å². The van der Waals surface area contributed by atoms with Gasteiger partial charge >= 0.3 is 0 Å². The van der Waals surface area contributed by atoms with Crippen LogP contribution in [0.5, 0.6) is 5.75 Å². The maximum atomic E-state index is 13.2. The van der Waals surface area contributed by atoms with E-state index in [9.17, 15) is 14.4 Å². The number of benzene rings is 2. The van der Waals surface area contributed by atoms with Crippen molar-refractivity contribution in [2.45, 2.75) is 12.5 Å². The molecule has 7 heteroatoms. The van der Waals surface area contributed by atoms with Crippen LogP contribution in [0.2, 0.25) is 0 Å². The molecule has 3 amide bonds. The molecular weight excluding hydrogens is 346 g/mol. The van der Waals surface area contributed by atoms with E-state index < -0.39 is 0 Å². The number of fused-ring (bicyclic) bond motifs is 1. The Morgan fingerprint density at radius 3 is 2.70 bits per heavy atom. The highest BCUT2D eigenvalue weighted by Gasteiger charge is 2.31. The van der Waals surface area contributed by atoms with E-state index in [0.29, 0.717) is 30.1 Å². The Labute approximate surface area is 156 Å². The van der Waals surface area contributed by atoms with E-state index in [1.165, 1.54) is 0 Å². The van der Waals surface area contributed by atoms with Crippen LogP contribution >= 0.6 is 0 Å². The number of hydrogen-bond acceptors (Lipinski definition) is 4. The molecule has 0 saturated carbocycles. The number of hydrogen-bond donors (Lipinski definition) is 2. The summed E-state index contributed by atoms with van der Waals surface area (Å²) in [5, 5.41) is 5.54. The highest BCUT2D eigenvalue weighted by Crippen LogP contribution is 2.31. The van der Waals surface area contributed by atoms with Crippen LogP contribution < -0.4 is 15.4 Å². The van der Waals surface area contributed by atoms with E-state index in [0.717, 1.165) is 5.56 Å². The molecule has 2 aliphatic heterocycles. The van der Waals surface area contributed by atoms with Crippen molar-refractivity contribution < 1.29 is 19.1 Å². The zero-order valence-electron chi connectivity index (χ0n) is 14.6. The van der Waals surface area contributed by atoms with Crippen molar-refractivity contribution in [3.63, 3.8) is 0 Å². The molecule has 1 unspecified atom stereocenters. The summed E-state index contributed by atoms with van der Waals surface area (Å²) in [6.07, 6.45) is 0.216. The van der Waals surface area contributed by atoms with Gasteiger partial charge in [-0.2, -0.15) is 0 Å². The van der Waals surface area contributed by atoms with Crippen molar-refractivity contribution >= 4 is 23.4 Å². The van der Waals surface area contributed by atoms with E-state index in [-0.39, 0.29) is 36.8 Å². The van der Waals surface area contributed by atoms with Gasteiger partial charge < -0.3 is 20.3 Å². The van der Waals surface area contributed by atoms with Crippen LogP contribution in [0, 0.1) is 0 Å². The average molecular weight is 365 g/mol. The number of nitrogens with zero attached hydrogens (tertiary/aromatic N) is 1. The maximum Gasteiger partial charge on any atom is 0.262 e. The normalized spacial score (nSPS) is 19.3. The molecule has 0 bridgehead atoms. The minimum atomic E-state index is -0.335. The number of ether oxygens (including phenoxy) is 1. The Morgan fingerprint density at radius 2 is 1.89 bits per heavy atom. The Bertz CT molecular complexity index is 897. The van der Waals surface area contributed by atoms with Gasteiger partial charge in [0.2, 0.25) is 5.91 Å². The predicted octanol–water partition coefficient (Wildman–Crippen LogP) is 1.72. The second kappa shape index (κ2) is 7.11. The molecule has 0 aromatic heterocycles. The fraction of sp³-hybridized carbons (Fsp3) is 0.250. The average Bonchev–Trinajstić information content (AvgIpc) is 2.89. The van der Waals surface area contributed by atoms with Crippen LogP contribution in [0.1, 0.15) is 28.4 Å². The molecule has 2 N–H and O–H groups in total. The number of rotatable bonds is 2. The van der Waals surface area contributed by atoms with Crippen LogP contribution in [0.3, 0.4) is 0 Å². The Kier molecular flexibility index (Phi) is 4.50. The molecule has 1 fully saturated rings. The van der Waals surface area contributed by atoms with Crippen molar-refractivity contribution in [2.75, 3.05) is 25.0 Å². The molecule has 138 valence electrons. The molecule has 2 aliphatic rings. The minimum absolute atomic E-state index is 0.0700. The van der Waals surface area contributed by atoms with E-state index in [2.05, 4.69) is 10.6 Å². The van der Waals surface area contributed by atoms with Crippen LogP contribution in [0.4, 0.5) is 5.69 Å². The van der Waals surface area contributed by atoms with Gasteiger partial charge in [-0.25, -0.2) is 0 Å². The van der Waals surface area contributed by atoms with Gasteiger partial charge in [-0.15, -0.1) is 0 Å². The van der Waals surface area contributed by atoms with Crippen LogP contribution in [0.25, 0.3) is 0 Å². The summed E-state index contributed by atoms with van der Waals surface area (Å²) in [7, 11) is 0. The molecule has 2 aromatic rings. The van der Waals surface area contributed by atoms with Crippen molar-refractivity contribution in [1.29, 1.82) is 0 Å². The van der Waals surface area contributed by atoms with Crippen molar-refractivity contribution in [3.8, 4) is 5.75 Å². The SMILES string of the molecule is O=C1CC(c2ccccc2)N(C(=O)c2ccc3c(c2)OCC(=O)N3)CCN1. The summed E-state index contributed by atoms with van der Waals surface area (Å²) in [5.41, 5.74) is 1.93. The third kappa shape index (κ3) is 3.48. The summed E-state index contributed by atoms with van der Waals surface area (Å²) >= 11 is 0. The molecular formula is C20H19N3O4. The maximum absolute atomic E-state index is 13.2. The monoisotopic (exact) mass is 365 g/mol. The summed E-state index contributed by atoms with van der Waals surface area (Å²) in [6.45, 7) is 0.754. The number of carbonyl (C=O) groups excluding carboxylic acids is 3. The number of nitrogens with one attached hydrogen (secondary N) is 2. The smallest absolute Gasteiger partial charge is 0.262 e. The fourth-order valence-corrected chi connectivity index (χ4v) is 3.42. The Balaban J connectivity index is 1.66. The van der Waals surface area contributed by atoms with Crippen molar-refractivity contribution in [2.24, 2.45) is 0 Å². The van der Waals surface area contributed by atoms with Crippen LogP contribution in [0.15, 0.2) is 48.5 Å². The standard InChI is InChI=1S/C20H19N3O4/c24-18-11-16(13-4-2-1-3-5-13)23(9-8-21-18)20(26)14-6-7-15-17(10-14)27-12-19(25)22-15/h1-7,10,16H,8-9,11-12H2,(H,21,24)(H,22,25). The molecule has 1 atom stereocenters. The quantitative estimate of drug-likeness (QED) is 0.848. The third-order valence-corrected chi connectivity index (χ3v) is 4.74. The van der Waals surface area contributed by atoms with Gasteiger partial charge in [0.15, 0.2) is 6.61 Å². The Morgan fingerprint density at radius 1 is 1.07 bits per heavy atom. The molecule has 0 radical (unpaired) electrons. The zero-order valence-corrected chi connectivity index (χ0v) is 14.6. The molecule has 1 saturated heterocycles. The first-order chi connectivity index (χ1) is 13.1. The van der Waals surface area contributed by atoms with Gasteiger partial charge in [-0.1, -0.05) is 30.3 Å². The lowest BCUT2D eigenvalue weighted by Crippen LogP contribution is -2.36. The molecule has 4 rings (SSSR count). The lowest BCUT2D eigenvalue weighted by Gasteiger charge is -2.30. The first kappa shape index (κ1) is 17.1. The second-order valence-electron chi connectivity index (χ2n) is 6.53. The first-order valence-electron chi connectivity index (χ1n) is 8.81. The predicted molar refractivity (Wildman–Crippen MR) is 98.4 cm³/mol. The molecule has 2 heterocycles. The molecule has 0 aliphatic carbocycles. The lowest BCUT2D eigenvalue weighted by atomic mass is 10.0. The first-order valence-corrected chi connectivity index (χ1v) is 8.81. The summed E-state index contributed by atoms with van der Waals surface area (Å²) in [6, 6.07) is 14.2. The van der Waals surface area contributed by atoms with Gasteiger partial charge in [0.25, 0.3) is 11.8 Å². The van der Waals surface area contributed by atoms with E-state index >= 15 is 0 Å². The van der Waals surface area contributed by atoms with Gasteiger partial charge in [0.1, 0.15) is 5.75 Å². The molecule has 7 nitrogen and oxygen atoms in total.